The van der Waals surface area contributed by atoms with E-state index in [0.717, 1.165) is 28.1 Å². The fourth-order valence-corrected chi connectivity index (χ4v) is 5.12. The summed E-state index contributed by atoms with van der Waals surface area (Å²) in [7, 11) is 0. The molecule has 0 bridgehead atoms. The van der Waals surface area contributed by atoms with Gasteiger partial charge in [-0.25, -0.2) is 4.98 Å². The van der Waals surface area contributed by atoms with Crippen molar-refractivity contribution in [2.75, 3.05) is 4.90 Å². The zero-order valence-electron chi connectivity index (χ0n) is 20.2. The number of rotatable bonds is 6. The number of hydrogen-bond donors (Lipinski definition) is 0. The normalized spacial score (nSPS) is 11.6. The molecule has 34 heavy (non-hydrogen) atoms. The molecule has 0 radical (unpaired) electrons. The first-order chi connectivity index (χ1) is 16.1. The highest BCUT2D eigenvalue weighted by Gasteiger charge is 2.21. The second-order valence-electron chi connectivity index (χ2n) is 9.18. The van der Waals surface area contributed by atoms with E-state index in [-0.39, 0.29) is 11.3 Å². The molecule has 0 unspecified atom stereocenters. The van der Waals surface area contributed by atoms with Gasteiger partial charge < -0.3 is 4.42 Å². The summed E-state index contributed by atoms with van der Waals surface area (Å²) in [4.78, 5) is 18.8. The van der Waals surface area contributed by atoms with Crippen molar-refractivity contribution < 1.29 is 9.21 Å². The maximum Gasteiger partial charge on any atom is 0.277 e. The molecule has 0 fully saturated rings. The number of anilines is 2. The highest BCUT2D eigenvalue weighted by atomic mass is 32.2. The van der Waals surface area contributed by atoms with E-state index in [4.69, 9.17) is 9.40 Å². The minimum Gasteiger partial charge on any atom is -0.411 e. The van der Waals surface area contributed by atoms with E-state index in [1.807, 2.05) is 49.6 Å². The minimum absolute atomic E-state index is 0.0683. The van der Waals surface area contributed by atoms with Crippen LogP contribution < -0.4 is 4.90 Å². The number of aromatic nitrogens is 3. The summed E-state index contributed by atoms with van der Waals surface area (Å²) in [6.45, 7) is 12.2. The second kappa shape index (κ2) is 9.72. The van der Waals surface area contributed by atoms with E-state index in [0.29, 0.717) is 22.0 Å². The Kier molecular flexibility index (Phi) is 6.91. The molecule has 4 rings (SSSR count). The zero-order chi connectivity index (χ0) is 24.5. The van der Waals surface area contributed by atoms with E-state index in [1.165, 1.54) is 28.7 Å². The largest absolute Gasteiger partial charge is 0.411 e. The lowest BCUT2D eigenvalue weighted by Gasteiger charge is -2.21. The van der Waals surface area contributed by atoms with Crippen LogP contribution in [0.15, 0.2) is 57.5 Å². The van der Waals surface area contributed by atoms with Crippen LogP contribution in [0.4, 0.5) is 10.8 Å². The average molecular weight is 493 g/mol. The van der Waals surface area contributed by atoms with Gasteiger partial charge in [0, 0.05) is 23.6 Å². The van der Waals surface area contributed by atoms with Crippen LogP contribution in [0, 0.1) is 13.8 Å². The highest BCUT2D eigenvalue weighted by Crippen LogP contribution is 2.34. The van der Waals surface area contributed by atoms with E-state index in [2.05, 4.69) is 43.1 Å². The quantitative estimate of drug-likeness (QED) is 0.268. The third-order valence-corrected chi connectivity index (χ3v) is 7.34. The van der Waals surface area contributed by atoms with Gasteiger partial charge in [-0.15, -0.1) is 21.5 Å². The molecule has 0 saturated heterocycles. The van der Waals surface area contributed by atoms with Crippen molar-refractivity contribution in [3.05, 3.63) is 70.2 Å². The van der Waals surface area contributed by atoms with Gasteiger partial charge in [0.15, 0.2) is 5.13 Å². The van der Waals surface area contributed by atoms with E-state index >= 15 is 0 Å². The van der Waals surface area contributed by atoms with Crippen molar-refractivity contribution in [3.8, 4) is 11.5 Å². The Morgan fingerprint density at radius 3 is 2.50 bits per heavy atom. The molecule has 6 nitrogen and oxygen atoms in total. The van der Waals surface area contributed by atoms with Gasteiger partial charge in [0.25, 0.3) is 5.22 Å². The number of carbonyl (C=O) groups is 1. The Labute approximate surface area is 208 Å². The zero-order valence-corrected chi connectivity index (χ0v) is 21.9. The van der Waals surface area contributed by atoms with Gasteiger partial charge in [-0.05, 0) is 54.2 Å². The summed E-state index contributed by atoms with van der Waals surface area (Å²) in [5.74, 6) is 1.00. The van der Waals surface area contributed by atoms with Gasteiger partial charge in [-0.2, -0.15) is 0 Å². The lowest BCUT2D eigenvalue weighted by Crippen LogP contribution is -2.23. The SMILES string of the molecule is CC(=O)N(c1nc(CSc2nnc(-c3ccc(C(C)(C)C)cc3)o2)cs1)c1cccc(C)c1C. The van der Waals surface area contributed by atoms with Gasteiger partial charge in [0.2, 0.25) is 11.8 Å². The molecule has 0 spiro atoms. The van der Waals surface area contributed by atoms with Crippen LogP contribution in [0.1, 0.15) is 50.1 Å². The Morgan fingerprint density at radius 2 is 1.82 bits per heavy atom. The summed E-state index contributed by atoms with van der Waals surface area (Å²) in [5.41, 5.74) is 6.17. The number of benzene rings is 2. The first kappa shape index (κ1) is 24.2. The van der Waals surface area contributed by atoms with Crippen molar-refractivity contribution in [1.82, 2.24) is 15.2 Å². The third-order valence-electron chi connectivity index (χ3n) is 5.61. The fraction of sp³-hybridized carbons (Fsp3) is 0.308. The Balaban J connectivity index is 1.46. The molecule has 1 amide bonds. The standard InChI is InChI=1S/C26H28N4O2S2/c1-16-8-7-9-22(17(16)2)30(18(3)31)24-27-21(14-33-24)15-34-25-29-28-23(32-25)19-10-12-20(13-11-19)26(4,5)6/h7-14H,15H2,1-6H3. The number of hydrogen-bond acceptors (Lipinski definition) is 7. The summed E-state index contributed by atoms with van der Waals surface area (Å²) < 4.78 is 5.86. The molecule has 2 aromatic heterocycles. The molecule has 4 aromatic rings. The van der Waals surface area contributed by atoms with Crippen molar-refractivity contribution in [2.45, 2.75) is 57.9 Å². The lowest BCUT2D eigenvalue weighted by atomic mass is 9.87. The Bertz CT molecular complexity index is 1300. The monoisotopic (exact) mass is 492 g/mol. The summed E-state index contributed by atoms with van der Waals surface area (Å²) in [6, 6.07) is 14.2. The van der Waals surface area contributed by atoms with Crippen LogP contribution in [0.3, 0.4) is 0 Å². The molecular formula is C26H28N4O2S2. The van der Waals surface area contributed by atoms with Crippen molar-refractivity contribution in [3.63, 3.8) is 0 Å². The maximum absolute atomic E-state index is 12.5. The molecular weight excluding hydrogens is 464 g/mol. The second-order valence-corrected chi connectivity index (χ2v) is 10.9. The number of amides is 1. The van der Waals surface area contributed by atoms with E-state index < -0.39 is 0 Å². The number of thioether (sulfide) groups is 1. The molecule has 8 heteroatoms. The molecule has 2 aromatic carbocycles. The van der Waals surface area contributed by atoms with E-state index in [1.54, 1.807) is 11.8 Å². The first-order valence-corrected chi connectivity index (χ1v) is 12.9. The van der Waals surface area contributed by atoms with Gasteiger partial charge in [-0.1, -0.05) is 56.8 Å². The van der Waals surface area contributed by atoms with Crippen LogP contribution in [0.2, 0.25) is 0 Å². The molecule has 0 aliphatic heterocycles. The predicted octanol–water partition coefficient (Wildman–Crippen LogP) is 7.08. The number of thiazole rings is 1. The van der Waals surface area contributed by atoms with Crippen LogP contribution in [-0.2, 0) is 16.0 Å². The molecule has 0 aliphatic carbocycles. The Hall–Kier alpha value is -2.97. The minimum atomic E-state index is -0.0683. The smallest absolute Gasteiger partial charge is 0.277 e. The lowest BCUT2D eigenvalue weighted by molar-refractivity contribution is -0.115. The van der Waals surface area contributed by atoms with Gasteiger partial charge in [-0.3, -0.25) is 9.69 Å². The molecule has 2 heterocycles. The van der Waals surface area contributed by atoms with Gasteiger partial charge >= 0.3 is 0 Å². The number of carbonyl (C=O) groups excluding carboxylic acids is 1. The van der Waals surface area contributed by atoms with Crippen LogP contribution in [0.5, 0.6) is 0 Å². The van der Waals surface area contributed by atoms with Gasteiger partial charge in [0.05, 0.1) is 11.4 Å². The number of aryl methyl sites for hydroxylation is 1. The van der Waals surface area contributed by atoms with E-state index in [9.17, 15) is 4.79 Å². The van der Waals surface area contributed by atoms with Crippen molar-refractivity contribution in [1.29, 1.82) is 0 Å². The molecule has 176 valence electrons. The maximum atomic E-state index is 12.5. The average Bonchev–Trinajstić information content (AvgIpc) is 3.44. The first-order valence-electron chi connectivity index (χ1n) is 11.0. The summed E-state index contributed by atoms with van der Waals surface area (Å²) in [5, 5.41) is 11.5. The topological polar surface area (TPSA) is 72.1 Å². The molecule has 0 saturated carbocycles. The highest BCUT2D eigenvalue weighted by molar-refractivity contribution is 7.98. The third kappa shape index (κ3) is 5.23. The van der Waals surface area contributed by atoms with Gasteiger partial charge in [0.1, 0.15) is 0 Å². The Morgan fingerprint density at radius 1 is 1.09 bits per heavy atom. The number of nitrogens with zero attached hydrogens (tertiary/aromatic N) is 4. The summed E-state index contributed by atoms with van der Waals surface area (Å²) >= 11 is 2.88. The van der Waals surface area contributed by atoms with Crippen LogP contribution in [-0.4, -0.2) is 21.1 Å². The molecule has 0 atom stereocenters. The fourth-order valence-electron chi connectivity index (χ4n) is 3.48. The van der Waals surface area contributed by atoms with Crippen LogP contribution >= 0.6 is 23.1 Å². The van der Waals surface area contributed by atoms with Crippen molar-refractivity contribution >= 4 is 39.8 Å². The van der Waals surface area contributed by atoms with Crippen LogP contribution in [0.25, 0.3) is 11.5 Å². The van der Waals surface area contributed by atoms with Crippen molar-refractivity contribution in [2.24, 2.45) is 0 Å². The predicted molar refractivity (Wildman–Crippen MR) is 139 cm³/mol. The summed E-state index contributed by atoms with van der Waals surface area (Å²) in [6.07, 6.45) is 0. The molecule has 0 aliphatic rings. The molecule has 0 N–H and O–H groups in total.